The van der Waals surface area contributed by atoms with Crippen LogP contribution in [-0.4, -0.2) is 35.0 Å². The number of aromatic nitrogens is 2. The Kier molecular flexibility index (Phi) is 4.48. The average molecular weight is 297 g/mol. The van der Waals surface area contributed by atoms with E-state index in [1.54, 1.807) is 0 Å². The number of carbonyl (C=O) groups excluding carboxylic acids is 1. The number of nitrogens with zero attached hydrogens (tertiary/aromatic N) is 3. The first kappa shape index (κ1) is 15.0. The third-order valence-corrected chi connectivity index (χ3v) is 3.95. The largest absolute Gasteiger partial charge is 0.353 e. The Morgan fingerprint density at radius 1 is 1.45 bits per heavy atom. The van der Waals surface area contributed by atoms with Crippen LogP contribution < -0.4 is 10.2 Å². The summed E-state index contributed by atoms with van der Waals surface area (Å²) in [4.78, 5) is 23.0. The van der Waals surface area contributed by atoms with E-state index >= 15 is 0 Å². The second kappa shape index (κ2) is 5.95. The molecular formula is C14H21ClN4O. The standard InChI is InChI=1S/C14H21ClN4O/c1-5-10-14(20)16-6-7-19(10)13-9(4)11(15)17-12(18-13)8(2)3/h8,10H,5-7H2,1-4H3,(H,16,20). The Morgan fingerprint density at radius 2 is 2.15 bits per heavy atom. The molecule has 0 aromatic carbocycles. The van der Waals surface area contributed by atoms with Crippen molar-refractivity contribution in [3.05, 3.63) is 16.5 Å². The molecular weight excluding hydrogens is 276 g/mol. The number of rotatable bonds is 3. The van der Waals surface area contributed by atoms with E-state index in [4.69, 9.17) is 11.6 Å². The molecule has 2 rings (SSSR count). The molecule has 0 radical (unpaired) electrons. The second-order valence-corrected chi connectivity index (χ2v) is 5.74. The topological polar surface area (TPSA) is 58.1 Å². The number of anilines is 1. The highest BCUT2D eigenvalue weighted by atomic mass is 35.5. The van der Waals surface area contributed by atoms with Crippen molar-refractivity contribution in [3.63, 3.8) is 0 Å². The van der Waals surface area contributed by atoms with Crippen LogP contribution in [0.25, 0.3) is 0 Å². The summed E-state index contributed by atoms with van der Waals surface area (Å²) in [6.45, 7) is 9.35. The van der Waals surface area contributed by atoms with Gasteiger partial charge < -0.3 is 10.2 Å². The van der Waals surface area contributed by atoms with Gasteiger partial charge in [-0.05, 0) is 13.3 Å². The van der Waals surface area contributed by atoms with E-state index < -0.39 is 0 Å². The lowest BCUT2D eigenvalue weighted by atomic mass is 10.1. The highest BCUT2D eigenvalue weighted by molar-refractivity contribution is 6.30. The van der Waals surface area contributed by atoms with Crippen LogP contribution in [0.5, 0.6) is 0 Å². The lowest BCUT2D eigenvalue weighted by molar-refractivity contribution is -0.123. The highest BCUT2D eigenvalue weighted by Crippen LogP contribution is 2.28. The van der Waals surface area contributed by atoms with Gasteiger partial charge in [0, 0.05) is 24.6 Å². The van der Waals surface area contributed by atoms with Gasteiger partial charge in [0.05, 0.1) is 0 Å². The van der Waals surface area contributed by atoms with Crippen molar-refractivity contribution in [1.82, 2.24) is 15.3 Å². The van der Waals surface area contributed by atoms with Crippen LogP contribution in [-0.2, 0) is 4.79 Å². The van der Waals surface area contributed by atoms with Crippen LogP contribution in [0.1, 0.15) is 44.5 Å². The van der Waals surface area contributed by atoms with Crippen molar-refractivity contribution in [2.75, 3.05) is 18.0 Å². The van der Waals surface area contributed by atoms with E-state index in [1.165, 1.54) is 0 Å². The zero-order valence-electron chi connectivity index (χ0n) is 12.4. The first-order chi connectivity index (χ1) is 9.45. The minimum Gasteiger partial charge on any atom is -0.353 e. The third-order valence-electron chi connectivity index (χ3n) is 3.58. The van der Waals surface area contributed by atoms with Gasteiger partial charge in [0.15, 0.2) is 0 Å². The van der Waals surface area contributed by atoms with Gasteiger partial charge in [0.1, 0.15) is 22.8 Å². The summed E-state index contributed by atoms with van der Waals surface area (Å²) in [7, 11) is 0. The fourth-order valence-corrected chi connectivity index (χ4v) is 2.58. The summed E-state index contributed by atoms with van der Waals surface area (Å²) < 4.78 is 0. The van der Waals surface area contributed by atoms with Crippen LogP contribution in [0.4, 0.5) is 5.82 Å². The number of nitrogens with one attached hydrogen (secondary N) is 1. The van der Waals surface area contributed by atoms with E-state index in [0.717, 1.165) is 30.2 Å². The average Bonchev–Trinajstić information content (AvgIpc) is 2.41. The maximum absolute atomic E-state index is 12.0. The predicted octanol–water partition coefficient (Wildman–Crippen LogP) is 2.28. The Morgan fingerprint density at radius 3 is 2.75 bits per heavy atom. The molecule has 0 aliphatic carbocycles. The molecule has 110 valence electrons. The molecule has 2 heterocycles. The third kappa shape index (κ3) is 2.73. The maximum Gasteiger partial charge on any atom is 0.242 e. The van der Waals surface area contributed by atoms with Crippen molar-refractivity contribution in [2.24, 2.45) is 0 Å². The number of halogens is 1. The van der Waals surface area contributed by atoms with Gasteiger partial charge in [-0.25, -0.2) is 9.97 Å². The molecule has 0 saturated carbocycles. The summed E-state index contributed by atoms with van der Waals surface area (Å²) in [6.07, 6.45) is 0.740. The molecule has 1 amide bonds. The summed E-state index contributed by atoms with van der Waals surface area (Å²) in [5.41, 5.74) is 0.837. The molecule has 1 N–H and O–H groups in total. The minimum atomic E-state index is -0.187. The summed E-state index contributed by atoms with van der Waals surface area (Å²) >= 11 is 6.23. The molecule has 1 aliphatic rings. The first-order valence-electron chi connectivity index (χ1n) is 7.04. The van der Waals surface area contributed by atoms with Crippen molar-refractivity contribution in [3.8, 4) is 0 Å². The molecule has 1 aromatic rings. The molecule has 6 heteroatoms. The van der Waals surface area contributed by atoms with Gasteiger partial charge in [-0.3, -0.25) is 4.79 Å². The number of amides is 1. The van der Waals surface area contributed by atoms with E-state index in [-0.39, 0.29) is 17.9 Å². The van der Waals surface area contributed by atoms with Crippen LogP contribution in [0.3, 0.4) is 0 Å². The number of hydrogen-bond donors (Lipinski definition) is 1. The van der Waals surface area contributed by atoms with E-state index in [2.05, 4.69) is 15.3 Å². The Bertz CT molecular complexity index is 518. The van der Waals surface area contributed by atoms with Crippen molar-refractivity contribution in [2.45, 2.75) is 46.1 Å². The molecule has 1 unspecified atom stereocenters. The molecule has 1 atom stereocenters. The summed E-state index contributed by atoms with van der Waals surface area (Å²) in [6, 6.07) is -0.187. The van der Waals surface area contributed by atoms with Gasteiger partial charge in [-0.1, -0.05) is 32.4 Å². The lowest BCUT2D eigenvalue weighted by Crippen LogP contribution is -2.55. The monoisotopic (exact) mass is 296 g/mol. The highest BCUT2D eigenvalue weighted by Gasteiger charge is 2.31. The van der Waals surface area contributed by atoms with Crippen molar-refractivity contribution >= 4 is 23.3 Å². The molecule has 0 bridgehead atoms. The number of piperazine rings is 1. The normalized spacial score (nSPS) is 19.4. The molecule has 5 nitrogen and oxygen atoms in total. The SMILES string of the molecule is CCC1C(=O)NCCN1c1nc(C(C)C)nc(Cl)c1C. The minimum absolute atomic E-state index is 0.0546. The van der Waals surface area contributed by atoms with Crippen LogP contribution in [0.2, 0.25) is 5.15 Å². The fourth-order valence-electron chi connectivity index (χ4n) is 2.41. The molecule has 1 aromatic heterocycles. The molecule has 1 aliphatic heterocycles. The van der Waals surface area contributed by atoms with E-state index in [1.807, 2.05) is 32.6 Å². The summed E-state index contributed by atoms with van der Waals surface area (Å²) in [5.74, 6) is 1.76. The van der Waals surface area contributed by atoms with E-state index in [0.29, 0.717) is 11.7 Å². The maximum atomic E-state index is 12.0. The van der Waals surface area contributed by atoms with Crippen LogP contribution >= 0.6 is 11.6 Å². The Balaban J connectivity index is 2.47. The smallest absolute Gasteiger partial charge is 0.242 e. The van der Waals surface area contributed by atoms with Gasteiger partial charge in [-0.2, -0.15) is 0 Å². The number of carbonyl (C=O) groups is 1. The quantitative estimate of drug-likeness (QED) is 0.870. The Hall–Kier alpha value is -1.36. The zero-order valence-corrected chi connectivity index (χ0v) is 13.2. The van der Waals surface area contributed by atoms with Crippen molar-refractivity contribution in [1.29, 1.82) is 0 Å². The number of hydrogen-bond acceptors (Lipinski definition) is 4. The first-order valence-corrected chi connectivity index (χ1v) is 7.41. The van der Waals surface area contributed by atoms with Gasteiger partial charge in [-0.15, -0.1) is 0 Å². The van der Waals surface area contributed by atoms with Gasteiger partial charge >= 0.3 is 0 Å². The zero-order chi connectivity index (χ0) is 14.9. The summed E-state index contributed by atoms with van der Waals surface area (Å²) in [5, 5.41) is 3.37. The van der Waals surface area contributed by atoms with Gasteiger partial charge in [0.25, 0.3) is 0 Å². The fraction of sp³-hybridized carbons (Fsp3) is 0.643. The molecule has 1 saturated heterocycles. The van der Waals surface area contributed by atoms with Gasteiger partial charge in [0.2, 0.25) is 5.91 Å². The predicted molar refractivity (Wildman–Crippen MR) is 80.3 cm³/mol. The van der Waals surface area contributed by atoms with E-state index in [9.17, 15) is 4.79 Å². The Labute approximate surface area is 124 Å². The molecule has 0 spiro atoms. The lowest BCUT2D eigenvalue weighted by Gasteiger charge is -2.36. The molecule has 20 heavy (non-hydrogen) atoms. The second-order valence-electron chi connectivity index (χ2n) is 5.38. The van der Waals surface area contributed by atoms with Crippen molar-refractivity contribution < 1.29 is 4.79 Å². The molecule has 1 fully saturated rings. The van der Waals surface area contributed by atoms with Crippen LogP contribution in [0.15, 0.2) is 0 Å². The van der Waals surface area contributed by atoms with Crippen LogP contribution in [0, 0.1) is 6.92 Å².